The molecule has 8 heteroatoms. The molecule has 0 unspecified atom stereocenters. The van der Waals surface area contributed by atoms with Crippen LogP contribution in [0.15, 0.2) is 53.3 Å². The number of carbonyl (C=O) groups excluding carboxylic acids is 1. The van der Waals surface area contributed by atoms with E-state index in [1.165, 1.54) is 6.20 Å². The minimum Gasteiger partial charge on any atom is -0.454 e. The fourth-order valence-electron chi connectivity index (χ4n) is 2.50. The standard InChI is InChI=1S/C18H11BrClN3O3.C2H6/c19-13-7-15-14(25-9-26-15)6-12(13)10-3-4-16(22-8-10)23-18(24)11-2-1-5-21-17(11)20;1-2/h1-8H,9H2,(H,22,23,24);1-2H3. The molecule has 28 heavy (non-hydrogen) atoms. The van der Waals surface area contributed by atoms with Gasteiger partial charge in [-0.05, 0) is 36.4 Å². The van der Waals surface area contributed by atoms with Crippen LogP contribution >= 0.6 is 27.5 Å². The largest absolute Gasteiger partial charge is 0.454 e. The van der Waals surface area contributed by atoms with Crippen molar-refractivity contribution in [3.63, 3.8) is 0 Å². The molecule has 6 nitrogen and oxygen atoms in total. The van der Waals surface area contributed by atoms with E-state index in [1.54, 1.807) is 24.4 Å². The maximum absolute atomic E-state index is 12.3. The van der Waals surface area contributed by atoms with Crippen molar-refractivity contribution in [1.29, 1.82) is 0 Å². The second kappa shape index (κ2) is 9.03. The number of anilines is 1. The average molecular weight is 463 g/mol. The highest BCUT2D eigenvalue weighted by molar-refractivity contribution is 9.10. The first-order valence-corrected chi connectivity index (χ1v) is 9.76. The van der Waals surface area contributed by atoms with E-state index >= 15 is 0 Å². The van der Waals surface area contributed by atoms with Gasteiger partial charge in [-0.2, -0.15) is 0 Å². The van der Waals surface area contributed by atoms with Gasteiger partial charge in [0.2, 0.25) is 6.79 Å². The summed E-state index contributed by atoms with van der Waals surface area (Å²) in [5, 5.41) is 2.85. The highest BCUT2D eigenvalue weighted by atomic mass is 79.9. The summed E-state index contributed by atoms with van der Waals surface area (Å²) in [5.41, 5.74) is 2.07. The number of hydrogen-bond acceptors (Lipinski definition) is 5. The molecule has 2 aromatic heterocycles. The molecule has 0 aliphatic carbocycles. The van der Waals surface area contributed by atoms with Gasteiger partial charge in [0.15, 0.2) is 11.5 Å². The van der Waals surface area contributed by atoms with Crippen LogP contribution < -0.4 is 14.8 Å². The van der Waals surface area contributed by atoms with Crippen LogP contribution in [0.1, 0.15) is 24.2 Å². The Morgan fingerprint density at radius 3 is 2.57 bits per heavy atom. The molecule has 0 radical (unpaired) electrons. The molecule has 0 saturated carbocycles. The van der Waals surface area contributed by atoms with E-state index in [0.717, 1.165) is 15.6 Å². The number of carbonyl (C=O) groups is 1. The Balaban J connectivity index is 0.00000109. The van der Waals surface area contributed by atoms with Gasteiger partial charge in [-0.15, -0.1) is 0 Å². The highest BCUT2D eigenvalue weighted by Crippen LogP contribution is 2.40. The molecule has 0 bridgehead atoms. The van der Waals surface area contributed by atoms with Gasteiger partial charge >= 0.3 is 0 Å². The summed E-state index contributed by atoms with van der Waals surface area (Å²) in [4.78, 5) is 20.4. The van der Waals surface area contributed by atoms with Crippen molar-refractivity contribution >= 4 is 39.3 Å². The molecule has 3 heterocycles. The van der Waals surface area contributed by atoms with E-state index in [2.05, 4.69) is 31.2 Å². The normalized spacial score (nSPS) is 11.4. The first kappa shape index (κ1) is 20.1. The lowest BCUT2D eigenvalue weighted by molar-refractivity contribution is 0.102. The number of halogens is 2. The van der Waals surface area contributed by atoms with E-state index in [9.17, 15) is 4.79 Å². The third kappa shape index (κ3) is 4.26. The molecule has 3 aromatic rings. The number of hydrogen-bond donors (Lipinski definition) is 1. The third-order valence-corrected chi connectivity index (χ3v) is 4.74. The molecule has 0 atom stereocenters. The number of nitrogens with zero attached hydrogens (tertiary/aromatic N) is 2. The van der Waals surface area contributed by atoms with Crippen molar-refractivity contribution in [2.45, 2.75) is 13.8 Å². The summed E-state index contributed by atoms with van der Waals surface area (Å²) in [6.45, 7) is 4.21. The van der Waals surface area contributed by atoms with Crippen molar-refractivity contribution in [2.24, 2.45) is 0 Å². The topological polar surface area (TPSA) is 73.3 Å². The highest BCUT2D eigenvalue weighted by Gasteiger charge is 2.17. The Kier molecular flexibility index (Phi) is 6.49. The van der Waals surface area contributed by atoms with E-state index in [1.807, 2.05) is 32.0 Å². The number of benzene rings is 1. The molecular weight excluding hydrogens is 446 g/mol. The molecule has 144 valence electrons. The fraction of sp³-hybridized carbons (Fsp3) is 0.150. The number of fused-ring (bicyclic) bond motifs is 1. The van der Waals surface area contributed by atoms with Crippen LogP contribution in [-0.2, 0) is 0 Å². The lowest BCUT2D eigenvalue weighted by Crippen LogP contribution is -2.13. The number of pyridine rings is 2. The van der Waals surface area contributed by atoms with Gasteiger partial charge in [0.1, 0.15) is 11.0 Å². The maximum Gasteiger partial charge on any atom is 0.259 e. The summed E-state index contributed by atoms with van der Waals surface area (Å²) >= 11 is 9.46. The lowest BCUT2D eigenvalue weighted by atomic mass is 10.1. The molecule has 1 aliphatic rings. The lowest BCUT2D eigenvalue weighted by Gasteiger charge is -2.09. The van der Waals surface area contributed by atoms with E-state index in [-0.39, 0.29) is 17.9 Å². The van der Waals surface area contributed by atoms with Gasteiger partial charge < -0.3 is 14.8 Å². The molecule has 1 aliphatic heterocycles. The van der Waals surface area contributed by atoms with Crippen molar-refractivity contribution in [3.8, 4) is 22.6 Å². The summed E-state index contributed by atoms with van der Waals surface area (Å²) in [7, 11) is 0. The Morgan fingerprint density at radius 1 is 1.14 bits per heavy atom. The smallest absolute Gasteiger partial charge is 0.259 e. The third-order valence-electron chi connectivity index (χ3n) is 3.78. The Morgan fingerprint density at radius 2 is 1.89 bits per heavy atom. The molecular formula is C20H17BrClN3O3. The predicted molar refractivity (Wildman–Crippen MR) is 112 cm³/mol. The van der Waals surface area contributed by atoms with Gasteiger partial charge in [0.25, 0.3) is 5.91 Å². The van der Waals surface area contributed by atoms with Crippen molar-refractivity contribution < 1.29 is 14.3 Å². The summed E-state index contributed by atoms with van der Waals surface area (Å²) in [6, 6.07) is 10.6. The maximum atomic E-state index is 12.3. The Labute approximate surface area is 176 Å². The van der Waals surface area contributed by atoms with E-state index in [4.69, 9.17) is 21.1 Å². The molecule has 1 aromatic carbocycles. The van der Waals surface area contributed by atoms with Crippen LogP contribution in [0, 0.1) is 0 Å². The first-order chi connectivity index (χ1) is 13.6. The SMILES string of the molecule is CC.O=C(Nc1ccc(-c2cc3c(cc2Br)OCO3)cn1)c1cccnc1Cl. The zero-order valence-corrected chi connectivity index (χ0v) is 17.5. The number of aromatic nitrogens is 2. The van der Waals surface area contributed by atoms with Gasteiger partial charge in [0, 0.05) is 28.0 Å². The second-order valence-electron chi connectivity index (χ2n) is 5.41. The van der Waals surface area contributed by atoms with Crippen molar-refractivity contribution in [2.75, 3.05) is 12.1 Å². The van der Waals surface area contributed by atoms with Crippen LogP contribution in [0.2, 0.25) is 5.15 Å². The predicted octanol–water partition coefficient (Wildman–Crippen LogP) is 5.57. The monoisotopic (exact) mass is 461 g/mol. The molecule has 4 rings (SSSR count). The summed E-state index contributed by atoms with van der Waals surface area (Å²) in [5.74, 6) is 1.43. The number of amides is 1. The van der Waals surface area contributed by atoms with Crippen LogP contribution in [0.25, 0.3) is 11.1 Å². The quantitative estimate of drug-likeness (QED) is 0.515. The Bertz CT molecular complexity index is 996. The van der Waals surface area contributed by atoms with Crippen molar-refractivity contribution in [3.05, 3.63) is 64.0 Å². The second-order valence-corrected chi connectivity index (χ2v) is 6.63. The summed E-state index contributed by atoms with van der Waals surface area (Å²) in [6.07, 6.45) is 3.19. The first-order valence-electron chi connectivity index (χ1n) is 8.59. The molecule has 0 fully saturated rings. The van der Waals surface area contributed by atoms with Gasteiger partial charge in [-0.3, -0.25) is 4.79 Å². The number of rotatable bonds is 3. The van der Waals surface area contributed by atoms with Crippen LogP contribution in [0.4, 0.5) is 5.82 Å². The van der Waals surface area contributed by atoms with Gasteiger partial charge in [-0.1, -0.05) is 41.4 Å². The molecule has 1 N–H and O–H groups in total. The van der Waals surface area contributed by atoms with E-state index < -0.39 is 0 Å². The molecule has 0 spiro atoms. The van der Waals surface area contributed by atoms with Crippen LogP contribution in [0.5, 0.6) is 11.5 Å². The minimum absolute atomic E-state index is 0.144. The van der Waals surface area contributed by atoms with Gasteiger partial charge in [0.05, 0.1) is 5.56 Å². The summed E-state index contributed by atoms with van der Waals surface area (Å²) < 4.78 is 11.6. The fourth-order valence-corrected chi connectivity index (χ4v) is 3.26. The zero-order valence-electron chi connectivity index (χ0n) is 15.2. The van der Waals surface area contributed by atoms with Crippen molar-refractivity contribution in [1.82, 2.24) is 9.97 Å². The molecule has 1 amide bonds. The van der Waals surface area contributed by atoms with E-state index in [0.29, 0.717) is 22.9 Å². The van der Waals surface area contributed by atoms with Crippen LogP contribution in [-0.4, -0.2) is 22.7 Å². The average Bonchev–Trinajstić information content (AvgIpc) is 3.17. The Hall–Kier alpha value is -2.64. The zero-order chi connectivity index (χ0) is 20.1. The number of nitrogens with one attached hydrogen (secondary N) is 1. The van der Waals surface area contributed by atoms with Gasteiger partial charge in [-0.25, -0.2) is 9.97 Å². The molecule has 0 saturated heterocycles. The van der Waals surface area contributed by atoms with Crippen LogP contribution in [0.3, 0.4) is 0 Å². The minimum atomic E-state index is -0.368. The number of ether oxygens (including phenoxy) is 2.